The number of thiophene rings is 1. The summed E-state index contributed by atoms with van der Waals surface area (Å²) < 4.78 is 5.73. The number of fused-ring (bicyclic) bond motifs is 1. The first-order valence-electron chi connectivity index (χ1n) is 7.40. The maximum Gasteiger partial charge on any atom is 0.307 e. The second kappa shape index (κ2) is 7.11. The van der Waals surface area contributed by atoms with Gasteiger partial charge in [0.05, 0.1) is 33.5 Å². The van der Waals surface area contributed by atoms with Gasteiger partial charge in [-0.25, -0.2) is 4.98 Å². The first-order chi connectivity index (χ1) is 11.6. The predicted octanol–water partition coefficient (Wildman–Crippen LogP) is 3.71. The van der Waals surface area contributed by atoms with Gasteiger partial charge in [-0.05, 0) is 31.2 Å². The van der Waals surface area contributed by atoms with E-state index in [9.17, 15) is 9.59 Å². The zero-order valence-electron chi connectivity index (χ0n) is 13.2. The Morgan fingerprint density at radius 2 is 2.00 bits per heavy atom. The number of rotatable bonds is 5. The number of hydrogen-bond acceptors (Lipinski definition) is 6. The average Bonchev–Trinajstić information content (AvgIpc) is 3.20. The van der Waals surface area contributed by atoms with Crippen LogP contribution in [0.25, 0.3) is 20.1 Å². The number of amides is 1. The molecule has 0 radical (unpaired) electrons. The number of thiazole rings is 1. The topological polar surface area (TPSA) is 68.3 Å². The first kappa shape index (κ1) is 16.6. The molecule has 0 saturated carbocycles. The van der Waals surface area contributed by atoms with Crippen molar-refractivity contribution in [2.45, 2.75) is 19.4 Å². The maximum absolute atomic E-state index is 12.3. The fourth-order valence-electron chi connectivity index (χ4n) is 2.23. The molecule has 7 heteroatoms. The van der Waals surface area contributed by atoms with E-state index in [-0.39, 0.29) is 24.3 Å². The minimum absolute atomic E-state index is 0.151. The molecule has 0 aliphatic rings. The van der Waals surface area contributed by atoms with Crippen LogP contribution in [0.5, 0.6) is 0 Å². The number of nitrogens with one attached hydrogen (secondary N) is 1. The zero-order valence-corrected chi connectivity index (χ0v) is 14.9. The molecule has 1 amide bonds. The van der Waals surface area contributed by atoms with Crippen LogP contribution in [-0.2, 0) is 9.53 Å². The molecule has 1 atom stereocenters. The van der Waals surface area contributed by atoms with E-state index in [1.54, 1.807) is 24.3 Å². The third-order valence-corrected chi connectivity index (χ3v) is 5.70. The lowest BCUT2D eigenvalue weighted by Gasteiger charge is -2.11. The minimum Gasteiger partial charge on any atom is -0.469 e. The van der Waals surface area contributed by atoms with Crippen LogP contribution in [-0.4, -0.2) is 30.0 Å². The molecule has 1 unspecified atom stereocenters. The fraction of sp³-hybridized carbons (Fsp3) is 0.235. The van der Waals surface area contributed by atoms with Gasteiger partial charge in [0, 0.05) is 6.04 Å². The van der Waals surface area contributed by atoms with Crippen LogP contribution in [0.2, 0.25) is 0 Å². The van der Waals surface area contributed by atoms with Gasteiger partial charge in [-0.15, -0.1) is 22.7 Å². The van der Waals surface area contributed by atoms with Crippen LogP contribution in [0, 0.1) is 0 Å². The van der Waals surface area contributed by atoms with Gasteiger partial charge in [0.1, 0.15) is 5.01 Å². The summed E-state index contributed by atoms with van der Waals surface area (Å²) in [5, 5.41) is 3.71. The number of carbonyl (C=O) groups is 2. The lowest BCUT2D eigenvalue weighted by atomic mass is 10.2. The smallest absolute Gasteiger partial charge is 0.307 e. The number of aromatic nitrogens is 1. The van der Waals surface area contributed by atoms with Crippen molar-refractivity contribution >= 4 is 44.8 Å². The van der Waals surface area contributed by atoms with Crippen molar-refractivity contribution in [3.05, 3.63) is 41.3 Å². The van der Waals surface area contributed by atoms with Crippen LogP contribution in [0.3, 0.4) is 0 Å². The van der Waals surface area contributed by atoms with Gasteiger partial charge in [-0.2, -0.15) is 0 Å². The largest absolute Gasteiger partial charge is 0.469 e. The van der Waals surface area contributed by atoms with Crippen LogP contribution >= 0.6 is 22.7 Å². The minimum atomic E-state index is -0.343. The van der Waals surface area contributed by atoms with Gasteiger partial charge in [-0.3, -0.25) is 9.59 Å². The lowest BCUT2D eigenvalue weighted by molar-refractivity contribution is -0.141. The molecule has 0 spiro atoms. The molecule has 1 aromatic carbocycles. The molecule has 0 saturated heterocycles. The summed E-state index contributed by atoms with van der Waals surface area (Å²) in [6.07, 6.45) is 0.151. The molecule has 0 aliphatic carbocycles. The molecule has 3 rings (SSSR count). The van der Waals surface area contributed by atoms with Gasteiger partial charge in [0.15, 0.2) is 0 Å². The van der Waals surface area contributed by atoms with Crippen molar-refractivity contribution in [3.8, 4) is 9.88 Å². The van der Waals surface area contributed by atoms with E-state index in [2.05, 4.69) is 15.0 Å². The third kappa shape index (κ3) is 3.63. The normalized spacial score (nSPS) is 12.1. The fourth-order valence-corrected chi connectivity index (χ4v) is 4.16. The summed E-state index contributed by atoms with van der Waals surface area (Å²) in [6, 6.07) is 11.4. The predicted molar refractivity (Wildman–Crippen MR) is 96.5 cm³/mol. The van der Waals surface area contributed by atoms with Crippen LogP contribution < -0.4 is 5.32 Å². The number of methoxy groups -OCH3 is 1. The SMILES string of the molecule is COC(=O)CC(C)NC(=O)c1ccc(-c2nc3ccccc3s2)s1. The Morgan fingerprint density at radius 3 is 2.75 bits per heavy atom. The van der Waals surface area contributed by atoms with Crippen molar-refractivity contribution < 1.29 is 14.3 Å². The van der Waals surface area contributed by atoms with Gasteiger partial charge in [0.25, 0.3) is 5.91 Å². The standard InChI is InChI=1S/C17H16N2O3S2/c1-10(9-15(20)22-2)18-16(21)13-7-8-14(23-13)17-19-11-5-3-4-6-12(11)24-17/h3-8,10H,9H2,1-2H3,(H,18,21). The summed E-state index contributed by atoms with van der Waals surface area (Å²) in [6.45, 7) is 1.77. The molecule has 1 N–H and O–H groups in total. The lowest BCUT2D eigenvalue weighted by Crippen LogP contribution is -2.33. The molecular weight excluding hydrogens is 344 g/mol. The van der Waals surface area contributed by atoms with Crippen molar-refractivity contribution in [2.75, 3.05) is 7.11 Å². The van der Waals surface area contributed by atoms with Crippen molar-refractivity contribution in [1.82, 2.24) is 10.3 Å². The monoisotopic (exact) mass is 360 g/mol. The summed E-state index contributed by atoms with van der Waals surface area (Å²) in [5.74, 6) is -0.534. The molecule has 24 heavy (non-hydrogen) atoms. The van der Waals surface area contributed by atoms with Crippen LogP contribution in [0.4, 0.5) is 0 Å². The van der Waals surface area contributed by atoms with E-state index in [1.807, 2.05) is 30.3 Å². The van der Waals surface area contributed by atoms with E-state index < -0.39 is 0 Å². The highest BCUT2D eigenvalue weighted by molar-refractivity contribution is 7.26. The van der Waals surface area contributed by atoms with E-state index in [0.717, 1.165) is 20.1 Å². The highest BCUT2D eigenvalue weighted by Crippen LogP contribution is 2.34. The Morgan fingerprint density at radius 1 is 1.21 bits per heavy atom. The number of esters is 1. The Labute approximate surface area is 147 Å². The van der Waals surface area contributed by atoms with Gasteiger partial charge in [-0.1, -0.05) is 12.1 Å². The summed E-state index contributed by atoms with van der Waals surface area (Å²) in [4.78, 5) is 29.7. The molecule has 3 aromatic rings. The Bertz CT molecular complexity index is 852. The number of hydrogen-bond donors (Lipinski definition) is 1. The van der Waals surface area contributed by atoms with Gasteiger partial charge in [0.2, 0.25) is 0 Å². The zero-order chi connectivity index (χ0) is 17.1. The van der Waals surface area contributed by atoms with E-state index >= 15 is 0 Å². The quantitative estimate of drug-likeness (QED) is 0.704. The van der Waals surface area contributed by atoms with Crippen molar-refractivity contribution in [1.29, 1.82) is 0 Å². The summed E-state index contributed by atoms with van der Waals surface area (Å²) in [7, 11) is 1.33. The highest BCUT2D eigenvalue weighted by Gasteiger charge is 2.16. The molecule has 124 valence electrons. The van der Waals surface area contributed by atoms with E-state index in [1.165, 1.54) is 18.4 Å². The number of benzene rings is 1. The molecule has 0 bridgehead atoms. The average molecular weight is 360 g/mol. The second-order valence-electron chi connectivity index (χ2n) is 5.31. The molecule has 2 aromatic heterocycles. The molecule has 0 fully saturated rings. The molecule has 5 nitrogen and oxygen atoms in total. The Kier molecular flexibility index (Phi) is 4.92. The molecule has 2 heterocycles. The Balaban J connectivity index is 1.72. The molecular formula is C17H16N2O3S2. The number of ether oxygens (including phenoxy) is 1. The van der Waals surface area contributed by atoms with Crippen LogP contribution in [0.1, 0.15) is 23.0 Å². The van der Waals surface area contributed by atoms with Crippen molar-refractivity contribution in [3.63, 3.8) is 0 Å². The summed E-state index contributed by atoms with van der Waals surface area (Å²) >= 11 is 3.00. The summed E-state index contributed by atoms with van der Waals surface area (Å²) in [5.41, 5.74) is 0.962. The van der Waals surface area contributed by atoms with Gasteiger partial charge >= 0.3 is 5.97 Å². The van der Waals surface area contributed by atoms with Gasteiger partial charge < -0.3 is 10.1 Å². The molecule has 0 aliphatic heterocycles. The number of carbonyl (C=O) groups excluding carboxylic acids is 2. The second-order valence-corrected chi connectivity index (χ2v) is 7.42. The van der Waals surface area contributed by atoms with Crippen molar-refractivity contribution in [2.24, 2.45) is 0 Å². The maximum atomic E-state index is 12.3. The first-order valence-corrected chi connectivity index (χ1v) is 9.03. The highest BCUT2D eigenvalue weighted by atomic mass is 32.1. The third-order valence-electron chi connectivity index (χ3n) is 3.41. The van der Waals surface area contributed by atoms with E-state index in [0.29, 0.717) is 4.88 Å². The number of nitrogens with zero attached hydrogens (tertiary/aromatic N) is 1. The van der Waals surface area contributed by atoms with E-state index in [4.69, 9.17) is 0 Å². The van der Waals surface area contributed by atoms with Crippen LogP contribution in [0.15, 0.2) is 36.4 Å². The number of para-hydroxylation sites is 1. The Hall–Kier alpha value is -2.25.